The van der Waals surface area contributed by atoms with Gasteiger partial charge in [-0.1, -0.05) is 74.5 Å². The summed E-state index contributed by atoms with van der Waals surface area (Å²) in [5.41, 5.74) is 40.6. The summed E-state index contributed by atoms with van der Waals surface area (Å²) in [7, 11) is 0. The predicted molar refractivity (Wildman–Crippen MR) is 356 cm³/mol. The van der Waals surface area contributed by atoms with E-state index in [2.05, 4.69) is 47.5 Å². The fraction of sp³-hybridized carbons (Fsp3) is 0.587. The Balaban J connectivity index is 1.56. The van der Waals surface area contributed by atoms with Gasteiger partial charge >= 0.3 is 0 Å². The van der Waals surface area contributed by atoms with Crippen molar-refractivity contribution in [2.24, 2.45) is 51.0 Å². The second-order valence-electron chi connectivity index (χ2n) is 24.1. The summed E-state index contributed by atoms with van der Waals surface area (Å²) in [6.07, 6.45) is 3.12. The number of aliphatic imine (C=N–C) groups is 1. The van der Waals surface area contributed by atoms with Crippen molar-refractivity contribution in [1.29, 1.82) is 0 Å². The van der Waals surface area contributed by atoms with Gasteiger partial charge in [0.05, 0.1) is 12.6 Å². The van der Waals surface area contributed by atoms with Crippen molar-refractivity contribution in [2.75, 3.05) is 44.7 Å². The van der Waals surface area contributed by atoms with Gasteiger partial charge in [0.15, 0.2) is 5.96 Å². The maximum atomic E-state index is 14.7. The topological polar surface area (TPSA) is 519 Å². The Morgan fingerprint density at radius 3 is 1.51 bits per heavy atom. The van der Waals surface area contributed by atoms with Gasteiger partial charge in [0.2, 0.25) is 76.8 Å². The Hall–Kier alpha value is -8.91. The van der Waals surface area contributed by atoms with Crippen LogP contribution in [0.4, 0.5) is 0 Å². The first-order valence-corrected chi connectivity index (χ1v) is 33.6. The maximum absolute atomic E-state index is 14.7. The Morgan fingerprint density at radius 1 is 0.537 bits per heavy atom. The largest absolute Gasteiger partial charge is 0.370 e. The van der Waals surface area contributed by atoms with Crippen LogP contribution in [0.1, 0.15) is 121 Å². The molecule has 2 aliphatic heterocycles. The molecule has 524 valence electrons. The van der Waals surface area contributed by atoms with Crippen molar-refractivity contribution in [3.8, 4) is 0 Å². The smallest absolute Gasteiger partial charge is 0.245 e. The summed E-state index contributed by atoms with van der Waals surface area (Å²) < 4.78 is 0. The Morgan fingerprint density at radius 2 is 1.01 bits per heavy atom. The summed E-state index contributed by atoms with van der Waals surface area (Å²) in [6, 6.07) is 4.51. The van der Waals surface area contributed by atoms with Gasteiger partial charge in [-0.05, 0) is 119 Å². The molecule has 2 fully saturated rings. The van der Waals surface area contributed by atoms with E-state index in [-0.39, 0.29) is 83.0 Å². The standard InChI is InChI=1S/C63H98N18O13S/c1-37(2)33-45(57(89)74-41(53(68)85)27-32-95-3)73-52(84)36-72-54(86)46(34-38-15-6-4-7-16-38)78-58(90)47(35-39-17-8-5-9-18-39)79-56(88)42(23-25-50(66)82)75-55(87)43(24-26-51(67)83)76-59(91)49-22-14-31-81(49)62(94)44(20-10-11-28-64)77-60(92)48-21-13-30-80(48)61(93)40(65)19-12-29-71-63(69)70/h4-9,15-18,37,40-49H,10-14,19-36,64-65H2,1-3H3,(H2,66,82)(H2,67,83)(H2,68,85)(H,72,86)(H,73,84)(H,74,89)(H,75,87)(H,76,91)(H,77,92)(H,78,90)(H,79,88)(H4,69,70,71)/t40-,41+,42-,43+,44-,45+,46+,47+,48-,49-/m1/s1. The number of primary amides is 3. The summed E-state index contributed by atoms with van der Waals surface area (Å²) in [5.74, 6) is -9.80. The quantitative estimate of drug-likeness (QED) is 0.0173. The zero-order valence-electron chi connectivity index (χ0n) is 54.5. The number of nitrogens with zero attached hydrogens (tertiary/aromatic N) is 3. The first kappa shape index (κ1) is 78.5. The lowest BCUT2D eigenvalue weighted by molar-refractivity contribution is -0.144. The third-order valence-corrected chi connectivity index (χ3v) is 16.7. The number of rotatable bonds is 42. The van der Waals surface area contributed by atoms with E-state index in [4.69, 9.17) is 40.1 Å². The summed E-state index contributed by atoms with van der Waals surface area (Å²) in [4.78, 5) is 185. The number of thioether (sulfide) groups is 1. The van der Waals surface area contributed by atoms with Crippen LogP contribution < -0.4 is 82.7 Å². The van der Waals surface area contributed by atoms with Crippen molar-refractivity contribution in [3.05, 3.63) is 71.8 Å². The number of carbonyl (C=O) groups is 13. The van der Waals surface area contributed by atoms with Crippen LogP contribution in [0.2, 0.25) is 0 Å². The number of hydrogen-bond acceptors (Lipinski definition) is 17. The molecule has 95 heavy (non-hydrogen) atoms. The highest BCUT2D eigenvalue weighted by Gasteiger charge is 2.42. The number of carbonyl (C=O) groups excluding carboxylic acids is 13. The molecule has 22 N–H and O–H groups in total. The van der Waals surface area contributed by atoms with Crippen LogP contribution in [0.3, 0.4) is 0 Å². The van der Waals surface area contributed by atoms with E-state index in [1.807, 2.05) is 20.1 Å². The van der Waals surface area contributed by atoms with Gasteiger partial charge in [-0.2, -0.15) is 11.8 Å². The second kappa shape index (κ2) is 41.0. The highest BCUT2D eigenvalue weighted by Crippen LogP contribution is 2.24. The number of amides is 13. The molecule has 0 bridgehead atoms. The number of hydrogen-bond donors (Lipinski definition) is 15. The molecule has 2 aliphatic rings. The minimum atomic E-state index is -1.64. The molecule has 2 saturated heterocycles. The maximum Gasteiger partial charge on any atom is 0.245 e. The predicted octanol–water partition coefficient (Wildman–Crippen LogP) is -3.71. The molecule has 0 aromatic heterocycles. The zero-order chi connectivity index (χ0) is 70.1. The highest BCUT2D eigenvalue weighted by molar-refractivity contribution is 7.98. The molecule has 0 aliphatic carbocycles. The lowest BCUT2D eigenvalue weighted by Gasteiger charge is -2.32. The summed E-state index contributed by atoms with van der Waals surface area (Å²) in [6.45, 7) is 3.86. The number of nitrogens with one attached hydrogen (secondary N) is 8. The minimum Gasteiger partial charge on any atom is -0.370 e. The molecule has 2 heterocycles. The van der Waals surface area contributed by atoms with E-state index < -0.39 is 169 Å². The van der Waals surface area contributed by atoms with E-state index in [0.29, 0.717) is 55.4 Å². The SMILES string of the molecule is CSCC[C@H](NC(=O)[C@H](CC(C)C)NC(=O)CNC(=O)[C@H](Cc1ccccc1)NC(=O)[C@H](Cc1ccccc1)NC(=O)[C@@H](CCC(N)=O)NC(=O)[C@H](CCC(N)=O)NC(=O)[C@H]1CCCN1C(=O)[C@@H](CCCCN)NC(=O)[C@H]1CCCN1C(=O)[C@H](N)CCCN=C(N)N)C(N)=O. The molecular weight excluding hydrogens is 1250 g/mol. The third kappa shape index (κ3) is 27.5. The van der Waals surface area contributed by atoms with Crippen LogP contribution in [0, 0.1) is 5.92 Å². The molecule has 4 rings (SSSR count). The molecule has 2 aromatic rings. The van der Waals surface area contributed by atoms with E-state index in [1.54, 1.807) is 60.7 Å². The number of likely N-dealkylation sites (tertiary alicyclic amines) is 2. The molecule has 0 unspecified atom stereocenters. The van der Waals surface area contributed by atoms with Gasteiger partial charge in [-0.25, -0.2) is 0 Å². The first-order valence-electron chi connectivity index (χ1n) is 32.2. The normalized spacial score (nSPS) is 16.8. The lowest BCUT2D eigenvalue weighted by Crippen LogP contribution is -2.60. The molecule has 0 spiro atoms. The molecule has 0 radical (unpaired) electrons. The van der Waals surface area contributed by atoms with Crippen LogP contribution in [-0.4, -0.2) is 198 Å². The molecule has 2 aromatic carbocycles. The molecule has 10 atom stereocenters. The molecule has 31 nitrogen and oxygen atoms in total. The van der Waals surface area contributed by atoms with Gasteiger partial charge in [0.25, 0.3) is 0 Å². The van der Waals surface area contributed by atoms with Crippen LogP contribution in [0.5, 0.6) is 0 Å². The molecule has 32 heteroatoms. The number of guanidine groups is 1. The van der Waals surface area contributed by atoms with Gasteiger partial charge in [0, 0.05) is 45.3 Å². The van der Waals surface area contributed by atoms with Crippen molar-refractivity contribution in [3.63, 3.8) is 0 Å². The second-order valence-corrected chi connectivity index (χ2v) is 25.1. The first-order chi connectivity index (χ1) is 45.2. The van der Waals surface area contributed by atoms with Crippen molar-refractivity contribution in [1.82, 2.24) is 52.3 Å². The highest BCUT2D eigenvalue weighted by atomic mass is 32.2. The third-order valence-electron chi connectivity index (χ3n) is 16.0. The van der Waals surface area contributed by atoms with Crippen LogP contribution in [0.15, 0.2) is 65.7 Å². The van der Waals surface area contributed by atoms with Crippen LogP contribution in [0.25, 0.3) is 0 Å². The summed E-state index contributed by atoms with van der Waals surface area (Å²) in [5, 5.41) is 21.1. The van der Waals surface area contributed by atoms with Crippen LogP contribution >= 0.6 is 11.8 Å². The number of nitrogens with two attached hydrogens (primary N) is 7. The molecular formula is C63H98N18O13S. The fourth-order valence-corrected chi connectivity index (χ4v) is 11.5. The van der Waals surface area contributed by atoms with Crippen LogP contribution in [-0.2, 0) is 75.2 Å². The molecule has 13 amide bonds. The number of benzene rings is 2. The van der Waals surface area contributed by atoms with Gasteiger partial charge < -0.3 is 92.5 Å². The summed E-state index contributed by atoms with van der Waals surface area (Å²) >= 11 is 1.45. The Kier molecular flexibility index (Phi) is 33.9. The minimum absolute atomic E-state index is 0.0736. The van der Waals surface area contributed by atoms with Crippen molar-refractivity contribution in [2.45, 2.75) is 183 Å². The average Bonchev–Trinajstić information content (AvgIpc) is 1.74. The zero-order valence-corrected chi connectivity index (χ0v) is 55.3. The Bertz CT molecular complexity index is 2960. The van der Waals surface area contributed by atoms with E-state index >= 15 is 0 Å². The van der Waals surface area contributed by atoms with E-state index in [1.165, 1.54) is 21.6 Å². The average molecular weight is 1350 g/mol. The van der Waals surface area contributed by atoms with Gasteiger partial charge in [-0.3, -0.25) is 67.3 Å². The van der Waals surface area contributed by atoms with Crippen molar-refractivity contribution < 1.29 is 62.3 Å². The molecule has 0 saturated carbocycles. The van der Waals surface area contributed by atoms with Gasteiger partial charge in [-0.15, -0.1) is 0 Å². The Labute approximate surface area is 558 Å². The van der Waals surface area contributed by atoms with Gasteiger partial charge in [0.1, 0.15) is 54.4 Å². The van der Waals surface area contributed by atoms with Crippen molar-refractivity contribution >= 4 is 94.5 Å². The van der Waals surface area contributed by atoms with E-state index in [0.717, 1.165) is 0 Å². The number of unbranched alkanes of at least 4 members (excludes halogenated alkanes) is 1. The van der Waals surface area contributed by atoms with E-state index in [9.17, 15) is 62.3 Å². The monoisotopic (exact) mass is 1350 g/mol. The lowest BCUT2D eigenvalue weighted by atomic mass is 10.0. The fourth-order valence-electron chi connectivity index (χ4n) is 11.0.